The number of nitrogens with one attached hydrogen (secondary N) is 1. The number of benzene rings is 1. The minimum Gasteiger partial charge on any atom is -0.405 e. The minimum atomic E-state index is -4.78. The molecule has 0 aliphatic heterocycles. The Kier molecular flexibility index (Phi) is 5.82. The summed E-state index contributed by atoms with van der Waals surface area (Å²) in [5, 5.41) is 3.00. The molecule has 112 valence electrons. The third kappa shape index (κ3) is 5.48. The van der Waals surface area contributed by atoms with Crippen LogP contribution in [0.3, 0.4) is 0 Å². The van der Waals surface area contributed by atoms with Crippen LogP contribution >= 0.6 is 0 Å². The molecule has 4 nitrogen and oxygen atoms in total. The maximum atomic E-state index is 12.4. The third-order valence-electron chi connectivity index (χ3n) is 2.57. The van der Waals surface area contributed by atoms with E-state index in [0.717, 1.165) is 6.42 Å². The molecule has 20 heavy (non-hydrogen) atoms. The zero-order valence-corrected chi connectivity index (χ0v) is 11.0. The van der Waals surface area contributed by atoms with E-state index in [1.807, 2.05) is 6.92 Å². The van der Waals surface area contributed by atoms with Gasteiger partial charge in [0.05, 0.1) is 0 Å². The smallest absolute Gasteiger partial charge is 0.405 e. The van der Waals surface area contributed by atoms with Gasteiger partial charge in [-0.15, -0.1) is 13.2 Å². The quantitative estimate of drug-likeness (QED) is 0.811. The number of alkyl halides is 3. The van der Waals surface area contributed by atoms with Gasteiger partial charge in [-0.25, -0.2) is 0 Å². The second-order valence-electron chi connectivity index (χ2n) is 4.26. The molecule has 3 N–H and O–H groups in total. The van der Waals surface area contributed by atoms with E-state index in [0.29, 0.717) is 6.54 Å². The Morgan fingerprint density at radius 2 is 2.05 bits per heavy atom. The van der Waals surface area contributed by atoms with Gasteiger partial charge in [-0.3, -0.25) is 4.79 Å². The predicted molar refractivity (Wildman–Crippen MR) is 68.0 cm³/mol. The summed E-state index contributed by atoms with van der Waals surface area (Å²) >= 11 is 0. The summed E-state index contributed by atoms with van der Waals surface area (Å²) in [7, 11) is 0. The predicted octanol–water partition coefficient (Wildman–Crippen LogP) is 2.50. The largest absolute Gasteiger partial charge is 0.573 e. The molecule has 1 rings (SSSR count). The Bertz CT molecular complexity index is 449. The first-order valence-electron chi connectivity index (χ1n) is 6.20. The highest BCUT2D eigenvalue weighted by Crippen LogP contribution is 2.31. The zero-order valence-electron chi connectivity index (χ0n) is 11.0. The summed E-state index contributed by atoms with van der Waals surface area (Å²) in [5.41, 5.74) is 5.40. The van der Waals surface area contributed by atoms with Crippen LogP contribution in [0.25, 0.3) is 0 Å². The Balaban J connectivity index is 3.02. The molecule has 0 spiro atoms. The Morgan fingerprint density at radius 3 is 2.60 bits per heavy atom. The topological polar surface area (TPSA) is 64.3 Å². The molecule has 0 radical (unpaired) electrons. The number of para-hydroxylation sites is 1. The summed E-state index contributed by atoms with van der Waals surface area (Å²) < 4.78 is 41.1. The van der Waals surface area contributed by atoms with Gasteiger partial charge in [0, 0.05) is 18.0 Å². The average molecular weight is 290 g/mol. The lowest BCUT2D eigenvalue weighted by Crippen LogP contribution is -2.28. The van der Waals surface area contributed by atoms with Gasteiger partial charge in [0.2, 0.25) is 5.91 Å². The molecule has 0 aromatic heterocycles. The molecule has 1 amide bonds. The second-order valence-corrected chi connectivity index (χ2v) is 4.26. The van der Waals surface area contributed by atoms with Gasteiger partial charge in [0.25, 0.3) is 0 Å². The molecule has 0 heterocycles. The Hall–Kier alpha value is -1.76. The van der Waals surface area contributed by atoms with E-state index in [1.165, 1.54) is 18.2 Å². The molecule has 0 fully saturated rings. The normalized spacial score (nSPS) is 13.0. The van der Waals surface area contributed by atoms with Crippen LogP contribution in [0.15, 0.2) is 24.3 Å². The van der Waals surface area contributed by atoms with E-state index in [-0.39, 0.29) is 17.7 Å². The molecule has 0 saturated carbocycles. The first-order chi connectivity index (χ1) is 9.33. The number of hydrogen-bond donors (Lipinski definition) is 2. The molecular weight excluding hydrogens is 273 g/mol. The molecule has 1 unspecified atom stereocenters. The maximum Gasteiger partial charge on any atom is 0.573 e. The van der Waals surface area contributed by atoms with Crippen LogP contribution in [0.5, 0.6) is 5.75 Å². The number of nitrogens with two attached hydrogens (primary N) is 1. The number of carbonyl (C=O) groups excluding carboxylic acids is 1. The summed E-state index contributed by atoms with van der Waals surface area (Å²) in [6.07, 6.45) is -4.10. The SMILES string of the molecule is CCCNC(CC(N)=O)c1ccccc1OC(F)(F)F. The van der Waals surface area contributed by atoms with Crippen molar-refractivity contribution in [2.75, 3.05) is 6.54 Å². The number of hydrogen-bond acceptors (Lipinski definition) is 3. The van der Waals surface area contributed by atoms with E-state index in [4.69, 9.17) is 5.73 Å². The Labute approximate surface area is 115 Å². The van der Waals surface area contributed by atoms with Crippen molar-refractivity contribution in [1.29, 1.82) is 0 Å². The first kappa shape index (κ1) is 16.3. The second kappa shape index (κ2) is 7.14. The fraction of sp³-hybridized carbons (Fsp3) is 0.462. The van der Waals surface area contributed by atoms with Crippen molar-refractivity contribution < 1.29 is 22.7 Å². The van der Waals surface area contributed by atoms with Crippen LogP contribution in [0.4, 0.5) is 13.2 Å². The number of amides is 1. The molecule has 0 aliphatic carbocycles. The van der Waals surface area contributed by atoms with Crippen molar-refractivity contribution in [1.82, 2.24) is 5.32 Å². The number of ether oxygens (including phenoxy) is 1. The van der Waals surface area contributed by atoms with Gasteiger partial charge >= 0.3 is 6.36 Å². The molecule has 1 atom stereocenters. The van der Waals surface area contributed by atoms with Crippen LogP contribution in [0, 0.1) is 0 Å². The lowest BCUT2D eigenvalue weighted by atomic mass is 10.0. The maximum absolute atomic E-state index is 12.4. The average Bonchev–Trinajstić information content (AvgIpc) is 2.33. The molecule has 1 aromatic rings. The minimum absolute atomic E-state index is 0.0990. The molecule has 7 heteroatoms. The summed E-state index contributed by atoms with van der Waals surface area (Å²) in [4.78, 5) is 11.1. The lowest BCUT2D eigenvalue weighted by Gasteiger charge is -2.21. The van der Waals surface area contributed by atoms with Gasteiger partial charge in [0.15, 0.2) is 0 Å². The monoisotopic (exact) mass is 290 g/mol. The van der Waals surface area contributed by atoms with E-state index in [2.05, 4.69) is 10.1 Å². The van der Waals surface area contributed by atoms with Crippen LogP contribution in [0.1, 0.15) is 31.4 Å². The van der Waals surface area contributed by atoms with E-state index in [1.54, 1.807) is 6.07 Å². The fourth-order valence-electron chi connectivity index (χ4n) is 1.80. The van der Waals surface area contributed by atoms with Crippen LogP contribution in [0.2, 0.25) is 0 Å². The number of carbonyl (C=O) groups is 1. The van der Waals surface area contributed by atoms with Crippen molar-refractivity contribution in [2.24, 2.45) is 5.73 Å². The third-order valence-corrected chi connectivity index (χ3v) is 2.57. The van der Waals surface area contributed by atoms with Gasteiger partial charge in [0.1, 0.15) is 5.75 Å². The highest BCUT2D eigenvalue weighted by atomic mass is 19.4. The molecule has 1 aromatic carbocycles. The highest BCUT2D eigenvalue weighted by molar-refractivity contribution is 5.74. The number of rotatable bonds is 7. The van der Waals surface area contributed by atoms with Crippen molar-refractivity contribution in [2.45, 2.75) is 32.2 Å². The van der Waals surface area contributed by atoms with Crippen molar-refractivity contribution in [3.05, 3.63) is 29.8 Å². The standard InChI is InChI=1S/C13H17F3N2O2/c1-2-7-18-10(8-12(17)19)9-5-3-4-6-11(9)20-13(14,15)16/h3-6,10,18H,2,7-8H2,1H3,(H2,17,19). The molecular formula is C13H17F3N2O2. The molecule has 0 bridgehead atoms. The summed E-state index contributed by atoms with van der Waals surface area (Å²) in [6.45, 7) is 2.46. The van der Waals surface area contributed by atoms with Gasteiger partial charge in [-0.1, -0.05) is 25.1 Å². The van der Waals surface area contributed by atoms with Gasteiger partial charge < -0.3 is 15.8 Å². The number of primary amides is 1. The number of halogens is 3. The summed E-state index contributed by atoms with van der Waals surface area (Å²) in [6, 6.07) is 5.11. The lowest BCUT2D eigenvalue weighted by molar-refractivity contribution is -0.275. The fourth-order valence-corrected chi connectivity index (χ4v) is 1.80. The van der Waals surface area contributed by atoms with Crippen molar-refractivity contribution in [3.63, 3.8) is 0 Å². The molecule has 0 saturated heterocycles. The molecule has 0 aliphatic rings. The van der Waals surface area contributed by atoms with Crippen LogP contribution in [-0.4, -0.2) is 18.8 Å². The summed E-state index contributed by atoms with van der Waals surface area (Å²) in [5.74, 6) is -0.921. The van der Waals surface area contributed by atoms with Crippen LogP contribution in [-0.2, 0) is 4.79 Å². The highest BCUT2D eigenvalue weighted by Gasteiger charge is 2.33. The Morgan fingerprint density at radius 1 is 1.40 bits per heavy atom. The van der Waals surface area contributed by atoms with Gasteiger partial charge in [-0.2, -0.15) is 0 Å². The zero-order chi connectivity index (χ0) is 15.2. The van der Waals surface area contributed by atoms with Gasteiger partial charge in [-0.05, 0) is 19.0 Å². The van der Waals surface area contributed by atoms with Crippen molar-refractivity contribution >= 4 is 5.91 Å². The van der Waals surface area contributed by atoms with E-state index >= 15 is 0 Å². The first-order valence-corrected chi connectivity index (χ1v) is 6.20. The van der Waals surface area contributed by atoms with E-state index in [9.17, 15) is 18.0 Å². The van der Waals surface area contributed by atoms with E-state index < -0.39 is 18.3 Å². The van der Waals surface area contributed by atoms with Crippen LogP contribution < -0.4 is 15.8 Å². The van der Waals surface area contributed by atoms with Crippen molar-refractivity contribution in [3.8, 4) is 5.75 Å².